The van der Waals surface area contributed by atoms with Crippen molar-refractivity contribution in [3.63, 3.8) is 0 Å². The van der Waals surface area contributed by atoms with Gasteiger partial charge in [-0.3, -0.25) is 14.4 Å². The van der Waals surface area contributed by atoms with Crippen LogP contribution in [0, 0.1) is 5.92 Å². The van der Waals surface area contributed by atoms with Crippen molar-refractivity contribution in [2.75, 3.05) is 25.2 Å². The molecule has 10 nitrogen and oxygen atoms in total. The van der Waals surface area contributed by atoms with E-state index in [1.807, 2.05) is 20.1 Å². The minimum atomic E-state index is -1.15. The highest BCUT2D eigenvalue weighted by atomic mass is 32.2. The lowest BCUT2D eigenvalue weighted by Gasteiger charge is -2.20. The first-order valence-corrected chi connectivity index (χ1v) is 9.97. The molecule has 0 radical (unpaired) electrons. The topological polar surface area (TPSA) is 171 Å². The molecule has 7 N–H and O–H groups in total. The number of rotatable bonds is 13. The standard InChI is InChI=1S/C16H30N4O6S/c1-9(2)6-12(16(25)26)19-13(22)7-18-15(24)11(4-5-27-3)20-14(23)10(17)8-21/h9-12,21H,4-8,17H2,1-3H3,(H,18,24)(H,19,22)(H,20,23)(H,25,26). The first-order valence-electron chi connectivity index (χ1n) is 8.57. The predicted molar refractivity (Wildman–Crippen MR) is 102 cm³/mol. The third-order valence-electron chi connectivity index (χ3n) is 3.54. The molecule has 0 bridgehead atoms. The summed E-state index contributed by atoms with van der Waals surface area (Å²) in [7, 11) is 0. The van der Waals surface area contributed by atoms with Gasteiger partial charge in [-0.25, -0.2) is 4.79 Å². The molecule has 0 aromatic carbocycles. The zero-order valence-electron chi connectivity index (χ0n) is 15.9. The Labute approximate surface area is 163 Å². The van der Waals surface area contributed by atoms with Crippen LogP contribution in [-0.2, 0) is 19.2 Å². The SMILES string of the molecule is CSCCC(NC(=O)C(N)CO)C(=O)NCC(=O)NC(CC(C)C)C(=O)O. The smallest absolute Gasteiger partial charge is 0.326 e. The van der Waals surface area contributed by atoms with Crippen LogP contribution in [0.15, 0.2) is 0 Å². The number of aliphatic carboxylic acids is 1. The van der Waals surface area contributed by atoms with Crippen LogP contribution in [-0.4, -0.2) is 77.2 Å². The van der Waals surface area contributed by atoms with Crippen molar-refractivity contribution in [1.82, 2.24) is 16.0 Å². The number of hydrogen-bond donors (Lipinski definition) is 6. The number of carboxylic acid groups (broad SMARTS) is 1. The molecule has 0 rings (SSSR count). The summed E-state index contributed by atoms with van der Waals surface area (Å²) >= 11 is 1.47. The van der Waals surface area contributed by atoms with E-state index in [2.05, 4.69) is 16.0 Å². The number of thioether (sulfide) groups is 1. The first kappa shape index (κ1) is 25.1. The van der Waals surface area contributed by atoms with Crippen molar-refractivity contribution in [2.45, 2.75) is 44.8 Å². The van der Waals surface area contributed by atoms with Crippen LogP contribution < -0.4 is 21.7 Å². The second-order valence-electron chi connectivity index (χ2n) is 6.44. The van der Waals surface area contributed by atoms with Crippen LogP contribution in [0.3, 0.4) is 0 Å². The van der Waals surface area contributed by atoms with Crippen molar-refractivity contribution in [3.05, 3.63) is 0 Å². The zero-order chi connectivity index (χ0) is 21.0. The van der Waals surface area contributed by atoms with E-state index in [9.17, 15) is 19.2 Å². The number of hydrogen-bond acceptors (Lipinski definition) is 7. The largest absolute Gasteiger partial charge is 0.480 e. The van der Waals surface area contributed by atoms with E-state index in [1.54, 1.807) is 0 Å². The van der Waals surface area contributed by atoms with E-state index < -0.39 is 55.0 Å². The number of amides is 3. The van der Waals surface area contributed by atoms with Gasteiger partial charge in [0.1, 0.15) is 18.1 Å². The van der Waals surface area contributed by atoms with Crippen LogP contribution in [0.25, 0.3) is 0 Å². The Kier molecular flexibility index (Phi) is 12.4. The van der Waals surface area contributed by atoms with E-state index in [4.69, 9.17) is 15.9 Å². The van der Waals surface area contributed by atoms with E-state index >= 15 is 0 Å². The molecule has 0 aromatic rings. The Morgan fingerprint density at radius 1 is 1.07 bits per heavy atom. The molecule has 3 unspecified atom stereocenters. The summed E-state index contributed by atoms with van der Waals surface area (Å²) in [5, 5.41) is 25.2. The first-order chi connectivity index (χ1) is 12.6. The molecule has 0 saturated carbocycles. The Hall–Kier alpha value is -1.85. The van der Waals surface area contributed by atoms with Crippen LogP contribution in [0.4, 0.5) is 0 Å². The maximum atomic E-state index is 12.3. The Bertz CT molecular complexity index is 517. The summed E-state index contributed by atoms with van der Waals surface area (Å²) in [5.74, 6) is -2.40. The summed E-state index contributed by atoms with van der Waals surface area (Å²) in [6.07, 6.45) is 2.41. The quantitative estimate of drug-likeness (QED) is 0.210. The van der Waals surface area contributed by atoms with Gasteiger partial charge in [-0.1, -0.05) is 13.8 Å². The lowest BCUT2D eigenvalue weighted by molar-refractivity contribution is -0.142. The number of aliphatic hydroxyl groups is 1. The van der Waals surface area contributed by atoms with Gasteiger partial charge in [-0.2, -0.15) is 11.8 Å². The lowest BCUT2D eigenvalue weighted by Crippen LogP contribution is -2.54. The fraction of sp³-hybridized carbons (Fsp3) is 0.750. The molecule has 0 heterocycles. The van der Waals surface area contributed by atoms with Gasteiger partial charge < -0.3 is 31.9 Å². The van der Waals surface area contributed by atoms with Crippen LogP contribution in [0.2, 0.25) is 0 Å². The average molecular weight is 407 g/mol. The third-order valence-corrected chi connectivity index (χ3v) is 4.18. The van der Waals surface area contributed by atoms with Gasteiger partial charge in [0.15, 0.2) is 0 Å². The Morgan fingerprint density at radius 3 is 2.19 bits per heavy atom. The molecular weight excluding hydrogens is 376 g/mol. The number of nitrogens with two attached hydrogens (primary N) is 1. The van der Waals surface area contributed by atoms with Crippen molar-refractivity contribution in [2.24, 2.45) is 11.7 Å². The van der Waals surface area contributed by atoms with E-state index in [0.717, 1.165) is 0 Å². The minimum Gasteiger partial charge on any atom is -0.480 e. The molecule has 0 aliphatic rings. The highest BCUT2D eigenvalue weighted by molar-refractivity contribution is 7.98. The fourth-order valence-corrected chi connectivity index (χ4v) is 2.57. The molecular formula is C16H30N4O6S. The molecule has 11 heteroatoms. The molecule has 3 amide bonds. The molecule has 3 atom stereocenters. The van der Waals surface area contributed by atoms with Gasteiger partial charge in [0.25, 0.3) is 0 Å². The van der Waals surface area contributed by atoms with Crippen molar-refractivity contribution in [3.8, 4) is 0 Å². The highest BCUT2D eigenvalue weighted by Crippen LogP contribution is 2.05. The maximum absolute atomic E-state index is 12.3. The third kappa shape index (κ3) is 10.8. The van der Waals surface area contributed by atoms with E-state index in [1.165, 1.54) is 11.8 Å². The van der Waals surface area contributed by atoms with Crippen molar-refractivity contribution < 1.29 is 29.4 Å². The monoisotopic (exact) mass is 406 g/mol. The number of nitrogens with one attached hydrogen (secondary N) is 3. The molecule has 27 heavy (non-hydrogen) atoms. The summed E-state index contributed by atoms with van der Waals surface area (Å²) in [4.78, 5) is 47.1. The molecule has 156 valence electrons. The zero-order valence-corrected chi connectivity index (χ0v) is 16.7. The van der Waals surface area contributed by atoms with E-state index in [-0.39, 0.29) is 12.3 Å². The lowest BCUT2D eigenvalue weighted by atomic mass is 10.0. The maximum Gasteiger partial charge on any atom is 0.326 e. The number of aliphatic hydroxyl groups excluding tert-OH is 1. The van der Waals surface area contributed by atoms with Gasteiger partial charge in [0.2, 0.25) is 17.7 Å². The van der Waals surface area contributed by atoms with Gasteiger partial charge >= 0.3 is 5.97 Å². The van der Waals surface area contributed by atoms with Gasteiger partial charge in [-0.05, 0) is 30.8 Å². The predicted octanol–water partition coefficient (Wildman–Crippen LogP) is -1.72. The minimum absolute atomic E-state index is 0.0721. The highest BCUT2D eigenvalue weighted by Gasteiger charge is 2.25. The fourth-order valence-electron chi connectivity index (χ4n) is 2.10. The molecule has 0 aromatic heterocycles. The van der Waals surface area contributed by atoms with Gasteiger partial charge in [0, 0.05) is 0 Å². The summed E-state index contributed by atoms with van der Waals surface area (Å²) in [6, 6.07) is -3.10. The number of carbonyl (C=O) groups is 4. The molecule has 0 fully saturated rings. The average Bonchev–Trinajstić information content (AvgIpc) is 2.60. The summed E-state index contributed by atoms with van der Waals surface area (Å²) in [6.45, 7) is 2.69. The Morgan fingerprint density at radius 2 is 1.70 bits per heavy atom. The van der Waals surface area contributed by atoms with Gasteiger partial charge in [0.05, 0.1) is 13.2 Å². The molecule has 0 spiro atoms. The molecule has 0 aliphatic heterocycles. The van der Waals surface area contributed by atoms with E-state index in [0.29, 0.717) is 12.2 Å². The van der Waals surface area contributed by atoms with Crippen LogP contribution >= 0.6 is 11.8 Å². The number of carboxylic acids is 1. The van der Waals surface area contributed by atoms with Crippen LogP contribution in [0.5, 0.6) is 0 Å². The number of carbonyl (C=O) groups excluding carboxylic acids is 3. The summed E-state index contributed by atoms with van der Waals surface area (Å²) in [5.41, 5.74) is 5.42. The van der Waals surface area contributed by atoms with Gasteiger partial charge in [-0.15, -0.1) is 0 Å². The summed E-state index contributed by atoms with van der Waals surface area (Å²) < 4.78 is 0. The van der Waals surface area contributed by atoms with Crippen LogP contribution in [0.1, 0.15) is 26.7 Å². The normalized spacial score (nSPS) is 14.1. The molecule has 0 aliphatic carbocycles. The van der Waals surface area contributed by atoms with Crippen molar-refractivity contribution in [1.29, 1.82) is 0 Å². The Balaban J connectivity index is 4.70. The molecule has 0 saturated heterocycles. The second kappa shape index (κ2) is 13.3. The second-order valence-corrected chi connectivity index (χ2v) is 7.42. The van der Waals surface area contributed by atoms with Crippen molar-refractivity contribution >= 4 is 35.5 Å².